The molecule has 1 aliphatic rings. The van der Waals surface area contributed by atoms with Crippen LogP contribution >= 0.6 is 0 Å². The van der Waals surface area contributed by atoms with Crippen molar-refractivity contribution in [2.75, 3.05) is 0 Å². The molecule has 0 heterocycles. The fourth-order valence-corrected chi connectivity index (χ4v) is 1.06. The van der Waals surface area contributed by atoms with Gasteiger partial charge >= 0.3 is 0 Å². The summed E-state index contributed by atoms with van der Waals surface area (Å²) >= 11 is 0. The Morgan fingerprint density at radius 3 is 1.27 bits per heavy atom. The third kappa shape index (κ3) is 9.96. The first-order chi connectivity index (χ1) is 5.27. The third-order valence-electron chi connectivity index (χ3n) is 2.09. The van der Waals surface area contributed by atoms with Crippen LogP contribution in [-0.4, -0.2) is 11.2 Å². The molecule has 1 nitrogen and oxygen atoms in total. The van der Waals surface area contributed by atoms with E-state index < -0.39 is 0 Å². The number of aliphatic hydroxyl groups excluding tert-OH is 1. The molecular weight excluding hydrogens is 136 g/mol. The second-order valence-corrected chi connectivity index (χ2v) is 3.38. The molecule has 0 radical (unpaired) electrons. The summed E-state index contributed by atoms with van der Waals surface area (Å²) in [4.78, 5) is 0. The molecular formula is C10H22O. The van der Waals surface area contributed by atoms with Crippen LogP contribution in [0.3, 0.4) is 0 Å². The van der Waals surface area contributed by atoms with E-state index in [1.54, 1.807) is 6.92 Å². The van der Waals surface area contributed by atoms with Gasteiger partial charge in [-0.25, -0.2) is 0 Å². The van der Waals surface area contributed by atoms with Crippen molar-refractivity contribution < 1.29 is 5.11 Å². The summed E-state index contributed by atoms with van der Waals surface area (Å²) in [7, 11) is 0. The molecule has 1 rings (SSSR count). The van der Waals surface area contributed by atoms with Crippen molar-refractivity contribution in [2.24, 2.45) is 0 Å². The van der Waals surface area contributed by atoms with Crippen LogP contribution < -0.4 is 0 Å². The zero-order chi connectivity index (χ0) is 8.53. The van der Waals surface area contributed by atoms with Crippen LogP contribution in [0, 0.1) is 0 Å². The molecule has 1 atom stereocenters. The molecule has 1 unspecified atom stereocenters. The Balaban J connectivity index is 0.000000187. The minimum Gasteiger partial charge on any atom is -0.393 e. The minimum absolute atomic E-state index is 0.116. The third-order valence-corrected chi connectivity index (χ3v) is 2.09. The van der Waals surface area contributed by atoms with E-state index in [-0.39, 0.29) is 6.10 Å². The van der Waals surface area contributed by atoms with Crippen molar-refractivity contribution in [3.8, 4) is 0 Å². The Labute approximate surface area is 70.8 Å². The van der Waals surface area contributed by atoms with Gasteiger partial charge < -0.3 is 5.11 Å². The molecule has 1 saturated carbocycles. The summed E-state index contributed by atoms with van der Waals surface area (Å²) in [6.07, 6.45) is 9.75. The normalized spacial score (nSPS) is 19.9. The molecule has 0 saturated heterocycles. The molecule has 0 aromatic rings. The molecule has 0 aromatic heterocycles. The van der Waals surface area contributed by atoms with Crippen molar-refractivity contribution in [1.29, 1.82) is 0 Å². The van der Waals surface area contributed by atoms with Crippen LogP contribution in [0.2, 0.25) is 0 Å². The lowest BCUT2D eigenvalue weighted by atomic mass is 10.0. The summed E-state index contributed by atoms with van der Waals surface area (Å²) < 4.78 is 0. The van der Waals surface area contributed by atoms with E-state index in [9.17, 15) is 0 Å². The maximum absolute atomic E-state index is 8.36. The van der Waals surface area contributed by atoms with Gasteiger partial charge in [-0.3, -0.25) is 0 Å². The summed E-state index contributed by atoms with van der Waals surface area (Å²) in [5, 5.41) is 8.36. The Hall–Kier alpha value is -0.0400. The fourth-order valence-electron chi connectivity index (χ4n) is 1.06. The maximum atomic E-state index is 8.36. The van der Waals surface area contributed by atoms with Crippen LogP contribution in [0.5, 0.6) is 0 Å². The highest BCUT2D eigenvalue weighted by atomic mass is 16.3. The van der Waals surface area contributed by atoms with Gasteiger partial charge in [0.15, 0.2) is 0 Å². The molecule has 1 heteroatoms. The van der Waals surface area contributed by atoms with Gasteiger partial charge in [-0.15, -0.1) is 0 Å². The zero-order valence-electron chi connectivity index (χ0n) is 7.97. The van der Waals surface area contributed by atoms with Gasteiger partial charge in [-0.1, -0.05) is 45.4 Å². The van der Waals surface area contributed by atoms with E-state index in [4.69, 9.17) is 5.11 Å². The minimum atomic E-state index is -0.116. The standard InChI is InChI=1S/C6H12.C4H10O/c1-2-4-6-5-3-1;1-3-4(2)5/h1-6H2;4-5H,3H2,1-2H3. The second-order valence-electron chi connectivity index (χ2n) is 3.38. The SMILES string of the molecule is C1CCCCC1.CCC(C)O. The van der Waals surface area contributed by atoms with E-state index in [0.29, 0.717) is 0 Å². The number of rotatable bonds is 1. The van der Waals surface area contributed by atoms with Gasteiger partial charge in [0.25, 0.3) is 0 Å². The topological polar surface area (TPSA) is 20.2 Å². The predicted molar refractivity (Wildman–Crippen MR) is 49.7 cm³/mol. The lowest BCUT2D eigenvalue weighted by molar-refractivity contribution is 0.191. The first-order valence-corrected chi connectivity index (χ1v) is 4.95. The molecule has 68 valence electrons. The van der Waals surface area contributed by atoms with E-state index in [1.165, 1.54) is 38.5 Å². The Kier molecular flexibility index (Phi) is 8.03. The van der Waals surface area contributed by atoms with E-state index in [2.05, 4.69) is 0 Å². The average molecular weight is 158 g/mol. The van der Waals surface area contributed by atoms with Gasteiger partial charge in [-0.05, 0) is 13.3 Å². The fraction of sp³-hybridized carbons (Fsp3) is 1.00. The molecule has 0 amide bonds. The van der Waals surface area contributed by atoms with Crippen LogP contribution in [-0.2, 0) is 0 Å². The highest BCUT2D eigenvalue weighted by Crippen LogP contribution is 2.15. The van der Waals surface area contributed by atoms with Crippen molar-refractivity contribution >= 4 is 0 Å². The monoisotopic (exact) mass is 158 g/mol. The quantitative estimate of drug-likeness (QED) is 0.621. The molecule has 1 N–H and O–H groups in total. The number of hydrogen-bond donors (Lipinski definition) is 1. The molecule has 0 spiro atoms. The molecule has 1 fully saturated rings. The first-order valence-electron chi connectivity index (χ1n) is 4.95. The highest BCUT2D eigenvalue weighted by molar-refractivity contribution is 4.51. The maximum Gasteiger partial charge on any atom is 0.0509 e. The van der Waals surface area contributed by atoms with Crippen LogP contribution in [0.4, 0.5) is 0 Å². The molecule has 0 aliphatic heterocycles. The Bertz CT molecular complexity index is 53.8. The van der Waals surface area contributed by atoms with E-state index >= 15 is 0 Å². The zero-order valence-corrected chi connectivity index (χ0v) is 7.97. The van der Waals surface area contributed by atoms with E-state index in [1.807, 2.05) is 6.92 Å². The second kappa shape index (κ2) is 8.06. The Morgan fingerprint density at radius 1 is 1.00 bits per heavy atom. The molecule has 0 aromatic carbocycles. The van der Waals surface area contributed by atoms with Crippen LogP contribution in [0.1, 0.15) is 58.8 Å². The summed E-state index contributed by atoms with van der Waals surface area (Å²) in [5.41, 5.74) is 0. The van der Waals surface area contributed by atoms with Crippen molar-refractivity contribution in [2.45, 2.75) is 64.9 Å². The largest absolute Gasteiger partial charge is 0.393 e. The highest BCUT2D eigenvalue weighted by Gasteiger charge is 1.95. The van der Waals surface area contributed by atoms with E-state index in [0.717, 1.165) is 6.42 Å². The van der Waals surface area contributed by atoms with Crippen molar-refractivity contribution in [3.05, 3.63) is 0 Å². The van der Waals surface area contributed by atoms with Crippen molar-refractivity contribution in [3.63, 3.8) is 0 Å². The number of aliphatic hydroxyl groups is 1. The van der Waals surface area contributed by atoms with Gasteiger partial charge in [0.2, 0.25) is 0 Å². The molecule has 11 heavy (non-hydrogen) atoms. The number of hydrogen-bond acceptors (Lipinski definition) is 1. The van der Waals surface area contributed by atoms with Crippen LogP contribution in [0.25, 0.3) is 0 Å². The molecule has 0 bridgehead atoms. The first kappa shape index (κ1) is 11.0. The predicted octanol–water partition coefficient (Wildman–Crippen LogP) is 3.12. The van der Waals surface area contributed by atoms with Crippen molar-refractivity contribution in [1.82, 2.24) is 0 Å². The Morgan fingerprint density at radius 2 is 1.18 bits per heavy atom. The van der Waals surface area contributed by atoms with Gasteiger partial charge in [0.1, 0.15) is 0 Å². The van der Waals surface area contributed by atoms with Gasteiger partial charge in [0, 0.05) is 0 Å². The lowest BCUT2D eigenvalue weighted by Gasteiger charge is -2.05. The van der Waals surface area contributed by atoms with Gasteiger partial charge in [0.05, 0.1) is 6.10 Å². The summed E-state index contributed by atoms with van der Waals surface area (Å²) in [6.45, 7) is 3.73. The average Bonchev–Trinajstić information content (AvgIpc) is 2.09. The smallest absolute Gasteiger partial charge is 0.0509 e. The van der Waals surface area contributed by atoms with Gasteiger partial charge in [-0.2, -0.15) is 0 Å². The summed E-state index contributed by atoms with van der Waals surface area (Å²) in [6, 6.07) is 0. The molecule has 1 aliphatic carbocycles. The van der Waals surface area contributed by atoms with Crippen LogP contribution in [0.15, 0.2) is 0 Å². The lowest BCUT2D eigenvalue weighted by Crippen LogP contribution is -1.93. The summed E-state index contributed by atoms with van der Waals surface area (Å²) in [5.74, 6) is 0.